The molecule has 1 unspecified atom stereocenters. The van der Waals surface area contributed by atoms with Gasteiger partial charge in [0.05, 0.1) is 11.3 Å². The highest BCUT2D eigenvalue weighted by molar-refractivity contribution is 7.99. The van der Waals surface area contributed by atoms with Gasteiger partial charge in [0.2, 0.25) is 5.95 Å². The average molecular weight is 492 g/mol. The van der Waals surface area contributed by atoms with Crippen LogP contribution in [0.1, 0.15) is 28.8 Å². The third-order valence-corrected chi connectivity index (χ3v) is 6.31. The van der Waals surface area contributed by atoms with Gasteiger partial charge in [0.1, 0.15) is 0 Å². The number of carbonyl (C=O) groups is 1. The molecule has 0 amide bonds. The van der Waals surface area contributed by atoms with E-state index in [1.165, 1.54) is 6.26 Å². The first kappa shape index (κ1) is 25.2. The summed E-state index contributed by atoms with van der Waals surface area (Å²) in [6, 6.07) is 13.7. The number of aromatic nitrogens is 2. The number of hydrogen-bond acceptors (Lipinski definition) is 5. The number of carboxylic acid groups (broad SMARTS) is 1. The van der Waals surface area contributed by atoms with E-state index in [0.29, 0.717) is 17.0 Å². The zero-order valence-corrected chi connectivity index (χ0v) is 19.2. The van der Waals surface area contributed by atoms with Crippen LogP contribution < -0.4 is 5.32 Å². The number of nitrogens with zero attached hydrogens (tertiary/aromatic N) is 2. The summed E-state index contributed by atoms with van der Waals surface area (Å²) in [4.78, 5) is 19.2. The van der Waals surface area contributed by atoms with E-state index in [0.717, 1.165) is 17.3 Å². The molecule has 180 valence electrons. The van der Waals surface area contributed by atoms with Crippen molar-refractivity contribution in [1.29, 1.82) is 0 Å². The Morgan fingerprint density at radius 3 is 2.41 bits per heavy atom. The largest absolute Gasteiger partial charge is 0.481 e. The molecule has 2 aromatic carbocycles. The summed E-state index contributed by atoms with van der Waals surface area (Å²) in [5, 5.41) is 11.7. The van der Waals surface area contributed by atoms with E-state index < -0.39 is 27.2 Å². The average Bonchev–Trinajstić information content (AvgIpc) is 2.76. The van der Waals surface area contributed by atoms with Crippen LogP contribution in [0.5, 0.6) is 0 Å². The van der Waals surface area contributed by atoms with Gasteiger partial charge < -0.3 is 10.4 Å². The van der Waals surface area contributed by atoms with Gasteiger partial charge in [-0.05, 0) is 70.0 Å². The van der Waals surface area contributed by atoms with E-state index in [-0.39, 0.29) is 30.9 Å². The van der Waals surface area contributed by atoms with Gasteiger partial charge in [-0.3, -0.25) is 9.00 Å². The van der Waals surface area contributed by atoms with Crippen molar-refractivity contribution in [1.82, 2.24) is 9.97 Å². The molecule has 6 nitrogen and oxygen atoms in total. The molecule has 0 fully saturated rings. The van der Waals surface area contributed by atoms with E-state index >= 15 is 0 Å². The highest BCUT2D eigenvalue weighted by Gasteiger charge is 2.34. The summed E-state index contributed by atoms with van der Waals surface area (Å²) in [6.45, 7) is 0. The number of benzene rings is 2. The Bertz CT molecular complexity index is 1270. The molecule has 0 aliphatic heterocycles. The third-order valence-electron chi connectivity index (χ3n) is 5.06. The van der Waals surface area contributed by atoms with Crippen LogP contribution in [0.25, 0.3) is 0 Å². The van der Waals surface area contributed by atoms with E-state index in [2.05, 4.69) is 21.2 Å². The Hall–Kier alpha value is -3.40. The van der Waals surface area contributed by atoms with Crippen molar-refractivity contribution in [2.45, 2.75) is 36.8 Å². The molecule has 0 saturated heterocycles. The number of anilines is 2. The molecular weight excluding hydrogens is 467 g/mol. The Morgan fingerprint density at radius 1 is 1.09 bits per heavy atom. The number of hydrogen-bond donors (Lipinski definition) is 2. The van der Waals surface area contributed by atoms with Gasteiger partial charge in [0.25, 0.3) is 0 Å². The summed E-state index contributed by atoms with van der Waals surface area (Å²) < 4.78 is 52.8. The summed E-state index contributed by atoms with van der Waals surface area (Å²) in [5.41, 5.74) is 1.05. The maximum Gasteiger partial charge on any atom is 0.419 e. The minimum atomic E-state index is -4.60. The Labute approximate surface area is 195 Å². The molecule has 1 aromatic heterocycles. The van der Waals surface area contributed by atoms with Gasteiger partial charge in [-0.1, -0.05) is 24.3 Å². The molecule has 3 aromatic rings. The normalized spacial score (nSPS) is 13.3. The first-order valence-corrected chi connectivity index (χ1v) is 12.5. The maximum absolute atomic E-state index is 13.5. The lowest BCUT2D eigenvalue weighted by Gasteiger charge is -2.14. The minimum Gasteiger partial charge on any atom is -0.481 e. The number of aliphatic carboxylic acids is 1. The van der Waals surface area contributed by atoms with Crippen molar-refractivity contribution in [2.75, 3.05) is 11.6 Å². The third kappa shape index (κ3) is 7.05. The fourth-order valence-corrected chi connectivity index (χ4v) is 4.04. The molecule has 10 heteroatoms. The zero-order chi connectivity index (χ0) is 24.9. The van der Waals surface area contributed by atoms with Crippen LogP contribution in [0.3, 0.4) is 0 Å². The van der Waals surface area contributed by atoms with Crippen LogP contribution in [0.4, 0.5) is 24.8 Å². The number of aryl methyl sites for hydroxylation is 3. The molecule has 1 heterocycles. The monoisotopic (exact) mass is 491 g/mol. The van der Waals surface area contributed by atoms with Crippen molar-refractivity contribution in [3.05, 3.63) is 77.1 Å². The maximum atomic E-state index is 13.5. The van der Waals surface area contributed by atoms with E-state index in [9.17, 15) is 22.2 Å². The first-order valence-electron chi connectivity index (χ1n) is 10.3. The lowest BCUT2D eigenvalue weighted by atomic mass is 10.1. The lowest BCUT2D eigenvalue weighted by Crippen LogP contribution is -2.14. The molecule has 0 saturated carbocycles. The first-order chi connectivity index (χ1) is 15.9. The number of halogens is 3. The van der Waals surface area contributed by atoms with E-state index in [1.807, 2.05) is 0 Å². The van der Waals surface area contributed by atoms with Gasteiger partial charge in [0.15, 0.2) is 0 Å². The molecule has 1 atom stereocenters. The quantitative estimate of drug-likeness (QED) is 0.420. The molecule has 0 spiro atoms. The zero-order valence-electron chi connectivity index (χ0n) is 18.4. The molecule has 0 aliphatic carbocycles. The highest BCUT2D eigenvalue weighted by atomic mass is 32.2. The van der Waals surface area contributed by atoms with Gasteiger partial charge >= 0.3 is 12.1 Å². The minimum absolute atomic E-state index is 0.00515. The molecule has 0 aliphatic rings. The van der Waals surface area contributed by atoms with Crippen molar-refractivity contribution < 1.29 is 27.3 Å². The summed E-state index contributed by atoms with van der Waals surface area (Å²) in [5.74, 6) is 2.77. The number of rotatable bonds is 9. The molecule has 2 N–H and O–H groups in total. The van der Waals surface area contributed by atoms with Gasteiger partial charge in [-0.2, -0.15) is 13.2 Å². The van der Waals surface area contributed by atoms with Gasteiger partial charge in [-0.25, -0.2) is 9.97 Å². The standard InChI is InChI=1S/C24H24F3N3O3S/c1-34(2,33)19-5-3-4-17(14-19)8-12-21-20(24(25,26)27)15-28-23(30-21)29-18-10-6-16(7-11-18)9-13-22(31)32/h3-7,10-11,14-15H,1,8-9,12-13H2,2H3,(H,31,32)(H,28,29,30). The lowest BCUT2D eigenvalue weighted by molar-refractivity contribution is -0.139. The second-order valence-corrected chi connectivity index (χ2v) is 10.4. The smallest absolute Gasteiger partial charge is 0.419 e. The predicted molar refractivity (Wildman–Crippen MR) is 126 cm³/mol. The van der Waals surface area contributed by atoms with Crippen molar-refractivity contribution in [2.24, 2.45) is 0 Å². The van der Waals surface area contributed by atoms with Crippen LogP contribution in [0.15, 0.2) is 59.6 Å². The Morgan fingerprint density at radius 2 is 1.79 bits per heavy atom. The summed E-state index contributed by atoms with van der Waals surface area (Å²) in [6.07, 6.45) is -1.69. The van der Waals surface area contributed by atoms with Crippen molar-refractivity contribution in [3.63, 3.8) is 0 Å². The van der Waals surface area contributed by atoms with Gasteiger partial charge in [-0.15, -0.1) is 0 Å². The second kappa shape index (κ2) is 10.3. The van der Waals surface area contributed by atoms with Gasteiger partial charge in [0, 0.05) is 29.5 Å². The van der Waals surface area contributed by atoms with E-state index in [4.69, 9.17) is 5.11 Å². The SMILES string of the molecule is C=S(C)(=O)c1cccc(CCc2nc(Nc3ccc(CCC(=O)O)cc3)ncc2C(F)(F)F)c1. The van der Waals surface area contributed by atoms with Crippen molar-refractivity contribution in [3.8, 4) is 0 Å². The molecular formula is C24H24F3N3O3S. The number of carboxylic acids is 1. The Kier molecular flexibility index (Phi) is 7.61. The van der Waals surface area contributed by atoms with Crippen LogP contribution in [0.2, 0.25) is 0 Å². The second-order valence-electron chi connectivity index (χ2n) is 7.92. The molecule has 0 bridgehead atoms. The fourth-order valence-electron chi connectivity index (χ4n) is 3.27. The summed E-state index contributed by atoms with van der Waals surface area (Å²) in [7, 11) is -2.44. The van der Waals surface area contributed by atoms with Crippen LogP contribution in [-0.2, 0) is 39.8 Å². The van der Waals surface area contributed by atoms with Crippen LogP contribution in [0, 0.1) is 0 Å². The summed E-state index contributed by atoms with van der Waals surface area (Å²) >= 11 is 0. The Balaban J connectivity index is 1.79. The predicted octanol–water partition coefficient (Wildman–Crippen LogP) is 4.75. The fraction of sp³-hybridized carbons (Fsp3) is 0.250. The van der Waals surface area contributed by atoms with E-state index in [1.54, 1.807) is 48.5 Å². The molecule has 34 heavy (non-hydrogen) atoms. The van der Waals surface area contributed by atoms with Crippen molar-refractivity contribution >= 4 is 33.0 Å². The topological polar surface area (TPSA) is 92.2 Å². The highest BCUT2D eigenvalue weighted by Crippen LogP contribution is 2.32. The van der Waals surface area contributed by atoms with Crippen LogP contribution in [-0.4, -0.2) is 37.4 Å². The molecule has 3 rings (SSSR count). The number of alkyl halides is 3. The number of nitrogens with one attached hydrogen (secondary N) is 1. The van der Waals surface area contributed by atoms with Crippen LogP contribution >= 0.6 is 0 Å². The molecule has 0 radical (unpaired) electrons.